The van der Waals surface area contributed by atoms with Gasteiger partial charge in [0.1, 0.15) is 97.7 Å². The van der Waals surface area contributed by atoms with E-state index in [2.05, 4.69) is 0 Å². The lowest BCUT2D eigenvalue weighted by atomic mass is 9.85. The van der Waals surface area contributed by atoms with Gasteiger partial charge in [-0.1, -0.05) is 0 Å². The summed E-state index contributed by atoms with van der Waals surface area (Å²) >= 11 is 0. The molecule has 0 saturated carbocycles. The van der Waals surface area contributed by atoms with Crippen molar-refractivity contribution in [2.75, 3.05) is 13.7 Å². The van der Waals surface area contributed by atoms with Gasteiger partial charge in [-0.05, 0) is 51.4 Å². The third-order valence-electron chi connectivity index (χ3n) is 12.3. The topological polar surface area (TPSA) is 379 Å². The van der Waals surface area contributed by atoms with Crippen molar-refractivity contribution >= 4 is 0 Å². The number of aliphatic hydroxyl groups is 16. The Bertz CT molecular complexity index is 1130. The first-order chi connectivity index (χ1) is 26.9. The Kier molecular flexibility index (Phi) is 16.8. The zero-order valence-corrected chi connectivity index (χ0v) is 31.4. The van der Waals surface area contributed by atoms with Crippen LogP contribution in [-0.2, 0) is 28.4 Å². The minimum absolute atomic E-state index is 0.0212. The normalized spacial score (nSPS) is 52.5. The molecule has 5 rings (SSSR count). The highest BCUT2D eigenvalue weighted by atomic mass is 16.7. The molecule has 57 heavy (non-hydrogen) atoms. The quantitative estimate of drug-likeness (QED) is 0.0772. The predicted octanol–water partition coefficient (Wildman–Crippen LogP) is -8.05. The molecule has 5 aliphatic heterocycles. The van der Waals surface area contributed by atoms with Crippen LogP contribution in [0.15, 0.2) is 0 Å². The van der Waals surface area contributed by atoms with Crippen molar-refractivity contribution in [1.29, 1.82) is 0 Å². The van der Waals surface area contributed by atoms with E-state index >= 15 is 0 Å². The van der Waals surface area contributed by atoms with E-state index in [0.29, 0.717) is 0 Å². The summed E-state index contributed by atoms with van der Waals surface area (Å²) in [5.74, 6) is 0. The molecule has 5 heterocycles. The second-order valence-electron chi connectivity index (χ2n) is 16.0. The number of ether oxygens (including phenoxy) is 6. The fourth-order valence-electron chi connectivity index (χ4n) is 8.60. The van der Waals surface area contributed by atoms with E-state index in [0.717, 1.165) is 0 Å². The molecule has 0 aromatic heterocycles. The Hall–Kier alpha value is -0.880. The maximum absolute atomic E-state index is 10.8. The Balaban J connectivity index is 1.15. The number of rotatable bonds is 14. The molecule has 5 aliphatic rings. The van der Waals surface area contributed by atoms with Crippen molar-refractivity contribution in [1.82, 2.24) is 0 Å². The summed E-state index contributed by atoms with van der Waals surface area (Å²) in [7, 11) is 1.24. The maximum Gasteiger partial charge on any atom is 0.186 e. The van der Waals surface area contributed by atoms with Crippen LogP contribution in [0.4, 0.5) is 0 Å². The molecular formula is C35H62O22. The van der Waals surface area contributed by atoms with Gasteiger partial charge in [0.05, 0.1) is 55.4 Å². The van der Waals surface area contributed by atoms with Gasteiger partial charge < -0.3 is 110 Å². The molecule has 0 radical (unpaired) electrons. The fraction of sp³-hybridized carbons (Fsp3) is 1.00. The van der Waals surface area contributed by atoms with Crippen molar-refractivity contribution in [3.63, 3.8) is 0 Å². The van der Waals surface area contributed by atoms with Crippen LogP contribution in [0.25, 0.3) is 0 Å². The molecule has 0 aromatic rings. The molecule has 5 saturated heterocycles. The number of aliphatic hydroxyl groups excluding tert-OH is 16. The van der Waals surface area contributed by atoms with E-state index in [1.165, 1.54) is 7.11 Å². The molecule has 0 spiro atoms. The van der Waals surface area contributed by atoms with Crippen LogP contribution in [0.2, 0.25) is 0 Å². The van der Waals surface area contributed by atoms with E-state index in [-0.39, 0.29) is 51.4 Å². The summed E-state index contributed by atoms with van der Waals surface area (Å²) in [6, 6.07) is 0. The van der Waals surface area contributed by atoms with Crippen LogP contribution in [0, 0.1) is 0 Å². The standard InChI is InChI=1S/C35H62O22/c1-52-35-34(51)33(50)27(44)18(57-35)9-8-16-25(42)31(48)23(40)14(55-16)5-4-12-21(38)29(46)20(37)11(53-12)2-3-13-22(39)30(47)24(41)15(54-13)6-7-17-26(43)32(49)28(45)19(10-36)56-17/h11-51H,2-10H2,1H3/t11-,12+,13+,14-,15-,16+,17+,18-,19-,20+,21+,22+,23+,24+,25+,26+,27+,28+,29?,30?,31+,32-,33+,34-,35-/m1/s1. The van der Waals surface area contributed by atoms with Crippen LogP contribution in [0.1, 0.15) is 51.4 Å². The molecule has 5 fully saturated rings. The van der Waals surface area contributed by atoms with Gasteiger partial charge in [-0.2, -0.15) is 0 Å². The average Bonchev–Trinajstić information content (AvgIpc) is 3.20. The van der Waals surface area contributed by atoms with Gasteiger partial charge in [0.25, 0.3) is 0 Å². The summed E-state index contributed by atoms with van der Waals surface area (Å²) < 4.78 is 33.9. The zero-order chi connectivity index (χ0) is 42.0. The van der Waals surface area contributed by atoms with Gasteiger partial charge in [0, 0.05) is 7.11 Å². The molecule has 25 atom stereocenters. The average molecular weight is 835 g/mol. The first-order valence-electron chi connectivity index (χ1n) is 19.5. The Morgan fingerprint density at radius 2 is 0.474 bits per heavy atom. The predicted molar refractivity (Wildman–Crippen MR) is 184 cm³/mol. The second kappa shape index (κ2) is 20.3. The first kappa shape index (κ1) is 47.2. The highest BCUT2D eigenvalue weighted by Crippen LogP contribution is 2.35. The van der Waals surface area contributed by atoms with Gasteiger partial charge in [-0.3, -0.25) is 0 Å². The van der Waals surface area contributed by atoms with E-state index in [4.69, 9.17) is 28.4 Å². The van der Waals surface area contributed by atoms with Crippen molar-refractivity contribution in [2.45, 2.75) is 204 Å². The van der Waals surface area contributed by atoms with Gasteiger partial charge in [-0.15, -0.1) is 0 Å². The maximum atomic E-state index is 10.8. The highest BCUT2D eigenvalue weighted by Gasteiger charge is 2.50. The van der Waals surface area contributed by atoms with Crippen LogP contribution in [0.5, 0.6) is 0 Å². The van der Waals surface area contributed by atoms with Gasteiger partial charge in [0.15, 0.2) is 6.29 Å². The van der Waals surface area contributed by atoms with Crippen LogP contribution < -0.4 is 0 Å². The summed E-state index contributed by atoms with van der Waals surface area (Å²) in [5, 5.41) is 167. The van der Waals surface area contributed by atoms with E-state index < -0.39 is 159 Å². The minimum Gasteiger partial charge on any atom is -0.394 e. The number of hydrogen-bond donors (Lipinski definition) is 16. The summed E-state index contributed by atoms with van der Waals surface area (Å²) in [6.07, 6.45) is -35.7. The largest absolute Gasteiger partial charge is 0.394 e. The van der Waals surface area contributed by atoms with Crippen molar-refractivity contribution in [2.24, 2.45) is 0 Å². The monoisotopic (exact) mass is 834 g/mol. The highest BCUT2D eigenvalue weighted by molar-refractivity contribution is 4.99. The van der Waals surface area contributed by atoms with Crippen molar-refractivity contribution < 1.29 is 110 Å². The lowest BCUT2D eigenvalue weighted by Crippen LogP contribution is -2.60. The lowest BCUT2D eigenvalue weighted by Gasteiger charge is -2.45. The molecule has 22 nitrogen and oxygen atoms in total. The van der Waals surface area contributed by atoms with Crippen molar-refractivity contribution in [3.8, 4) is 0 Å². The second-order valence-corrected chi connectivity index (χ2v) is 16.0. The van der Waals surface area contributed by atoms with E-state index in [1.54, 1.807) is 0 Å². The van der Waals surface area contributed by atoms with Gasteiger partial charge in [-0.25, -0.2) is 0 Å². The van der Waals surface area contributed by atoms with Crippen LogP contribution in [0.3, 0.4) is 0 Å². The van der Waals surface area contributed by atoms with E-state index in [9.17, 15) is 81.7 Å². The molecule has 16 N–H and O–H groups in total. The Morgan fingerprint density at radius 3 is 0.702 bits per heavy atom. The lowest BCUT2D eigenvalue weighted by molar-refractivity contribution is -0.293. The molecule has 0 aliphatic carbocycles. The number of methoxy groups -OCH3 is 1. The molecule has 0 amide bonds. The molecule has 334 valence electrons. The SMILES string of the molecule is CO[C@@H]1O[C@H](CC[C@@H]2O[C@H](CC[C@@H]3O[C@H](CC[C@@H]4O[C@H](CC[C@@H]5O[C@H](CO)[C@H](O)[C@H](O)[C@H]5O)[C@H](O)C(O)[C@H]4O)[C@H](O)C(O)[C@H]3O)[C@H](O)[C@H](O)[C@H]2O)[C@H](O)[C@H](O)[C@H]1O. The van der Waals surface area contributed by atoms with Gasteiger partial charge >= 0.3 is 0 Å². The minimum atomic E-state index is -1.70. The first-order valence-corrected chi connectivity index (χ1v) is 19.5. The Labute approximate surface area is 328 Å². The van der Waals surface area contributed by atoms with Gasteiger partial charge in [0.2, 0.25) is 0 Å². The molecule has 22 heteroatoms. The smallest absolute Gasteiger partial charge is 0.186 e. The molecule has 0 bridgehead atoms. The van der Waals surface area contributed by atoms with Crippen LogP contribution >= 0.6 is 0 Å². The van der Waals surface area contributed by atoms with E-state index in [1.807, 2.05) is 0 Å². The third kappa shape index (κ3) is 10.3. The fourth-order valence-corrected chi connectivity index (χ4v) is 8.60. The summed E-state index contributed by atoms with van der Waals surface area (Å²) in [6.45, 7) is -0.636. The van der Waals surface area contributed by atoms with Crippen LogP contribution in [-0.4, -0.2) is 248 Å². The molecule has 2 unspecified atom stereocenters. The Morgan fingerprint density at radius 1 is 0.281 bits per heavy atom. The van der Waals surface area contributed by atoms with Crippen molar-refractivity contribution in [3.05, 3.63) is 0 Å². The third-order valence-corrected chi connectivity index (χ3v) is 12.3. The summed E-state index contributed by atoms with van der Waals surface area (Å²) in [4.78, 5) is 0. The zero-order valence-electron chi connectivity index (χ0n) is 31.4. The number of hydrogen-bond acceptors (Lipinski definition) is 22. The molecule has 0 aromatic carbocycles. The summed E-state index contributed by atoms with van der Waals surface area (Å²) in [5.41, 5.74) is 0. The molecular weight excluding hydrogens is 772 g/mol.